The molecule has 1 fully saturated rings. The average Bonchev–Trinajstić information content (AvgIpc) is 3.41. The molecule has 2 heterocycles. The van der Waals surface area contributed by atoms with Crippen LogP contribution in [0, 0.1) is 5.82 Å². The number of hydrogen-bond donors (Lipinski definition) is 1. The Balaban J connectivity index is 1.53. The molecule has 6 nitrogen and oxygen atoms in total. The van der Waals surface area contributed by atoms with Gasteiger partial charge in [-0.1, -0.05) is 40.2 Å². The Morgan fingerprint density at radius 3 is 2.40 bits per heavy atom. The Morgan fingerprint density at radius 2 is 1.71 bits per heavy atom. The molecule has 1 saturated heterocycles. The highest BCUT2D eigenvalue weighted by Crippen LogP contribution is 2.37. The maximum atomic E-state index is 13.7. The summed E-state index contributed by atoms with van der Waals surface area (Å²) in [6, 6.07) is 21.6. The smallest absolute Gasteiger partial charge is 0.253 e. The third-order valence-corrected chi connectivity index (χ3v) is 6.62. The number of nitrogens with zero attached hydrogens (tertiary/aromatic N) is 3. The number of anilines is 1. The lowest BCUT2D eigenvalue weighted by Crippen LogP contribution is -2.32. The number of benzene rings is 3. The standard InChI is InChI=1S/C27H24BrFN4O2/c1-17-26(34)32(15-14-18-2-10-22(30)11-3-18)27(35-17)25-24(19-4-8-21(29)9-5-19)16-33(31-25)23-12-6-20(28)7-13-23/h2-13,16-17,27H,14-15,30H2,1H3/t17-,27-/m0/s1. The van der Waals surface area contributed by atoms with Crippen molar-refractivity contribution in [2.24, 2.45) is 0 Å². The molecule has 8 heteroatoms. The van der Waals surface area contributed by atoms with Crippen LogP contribution in [0.2, 0.25) is 0 Å². The molecule has 2 N–H and O–H groups in total. The van der Waals surface area contributed by atoms with E-state index in [1.165, 1.54) is 12.1 Å². The Bertz CT molecular complexity index is 1340. The van der Waals surface area contributed by atoms with E-state index in [0.717, 1.165) is 26.9 Å². The fraction of sp³-hybridized carbons (Fsp3) is 0.185. The van der Waals surface area contributed by atoms with Gasteiger partial charge >= 0.3 is 0 Å². The van der Waals surface area contributed by atoms with Crippen LogP contribution in [-0.2, 0) is 16.0 Å². The summed E-state index contributed by atoms with van der Waals surface area (Å²) in [7, 11) is 0. The van der Waals surface area contributed by atoms with Gasteiger partial charge in [0.1, 0.15) is 17.6 Å². The number of aromatic nitrogens is 2. The zero-order valence-electron chi connectivity index (χ0n) is 19.1. The number of amides is 1. The summed E-state index contributed by atoms with van der Waals surface area (Å²) in [5.74, 6) is -0.407. The molecule has 3 aromatic carbocycles. The van der Waals surface area contributed by atoms with Crippen molar-refractivity contribution in [3.8, 4) is 16.8 Å². The maximum Gasteiger partial charge on any atom is 0.253 e. The van der Waals surface area contributed by atoms with Gasteiger partial charge in [-0.05, 0) is 73.0 Å². The van der Waals surface area contributed by atoms with Gasteiger partial charge < -0.3 is 15.4 Å². The van der Waals surface area contributed by atoms with E-state index in [-0.39, 0.29) is 11.7 Å². The van der Waals surface area contributed by atoms with Gasteiger partial charge in [0.15, 0.2) is 6.23 Å². The lowest BCUT2D eigenvalue weighted by atomic mass is 10.1. The van der Waals surface area contributed by atoms with E-state index in [0.29, 0.717) is 24.3 Å². The number of halogens is 2. The third kappa shape index (κ3) is 4.85. The highest BCUT2D eigenvalue weighted by Gasteiger charge is 2.41. The molecular formula is C27H24BrFN4O2. The van der Waals surface area contributed by atoms with Crippen LogP contribution in [0.25, 0.3) is 16.8 Å². The van der Waals surface area contributed by atoms with Gasteiger partial charge in [-0.3, -0.25) is 4.79 Å². The highest BCUT2D eigenvalue weighted by atomic mass is 79.9. The Labute approximate surface area is 211 Å². The van der Waals surface area contributed by atoms with Crippen LogP contribution in [0.4, 0.5) is 10.1 Å². The van der Waals surface area contributed by atoms with Gasteiger partial charge in [0, 0.05) is 28.5 Å². The van der Waals surface area contributed by atoms with E-state index in [4.69, 9.17) is 15.6 Å². The van der Waals surface area contributed by atoms with E-state index in [2.05, 4.69) is 15.9 Å². The second kappa shape index (κ2) is 9.64. The number of ether oxygens (including phenoxy) is 1. The first kappa shape index (κ1) is 23.3. The monoisotopic (exact) mass is 534 g/mol. The summed E-state index contributed by atoms with van der Waals surface area (Å²) in [5, 5.41) is 4.85. The van der Waals surface area contributed by atoms with Crippen molar-refractivity contribution in [2.45, 2.75) is 25.7 Å². The quantitative estimate of drug-likeness (QED) is 0.331. The second-order valence-electron chi connectivity index (χ2n) is 8.51. The van der Waals surface area contributed by atoms with Gasteiger partial charge in [-0.2, -0.15) is 5.10 Å². The molecule has 5 rings (SSSR count). The molecule has 0 unspecified atom stereocenters. The number of carbonyl (C=O) groups is 1. The van der Waals surface area contributed by atoms with E-state index in [1.807, 2.05) is 54.7 Å². The molecule has 4 aromatic rings. The van der Waals surface area contributed by atoms with Crippen molar-refractivity contribution in [2.75, 3.05) is 12.3 Å². The molecule has 0 aliphatic carbocycles. The molecule has 35 heavy (non-hydrogen) atoms. The molecule has 1 aliphatic rings. The van der Waals surface area contributed by atoms with Crippen molar-refractivity contribution in [1.29, 1.82) is 0 Å². The summed E-state index contributed by atoms with van der Waals surface area (Å²) in [5.41, 5.74) is 10.6. The zero-order valence-corrected chi connectivity index (χ0v) is 20.7. The minimum Gasteiger partial charge on any atom is -0.399 e. The van der Waals surface area contributed by atoms with Crippen LogP contribution in [0.15, 0.2) is 83.5 Å². The molecule has 1 aliphatic heterocycles. The van der Waals surface area contributed by atoms with Crippen molar-refractivity contribution in [3.63, 3.8) is 0 Å². The first-order valence-electron chi connectivity index (χ1n) is 11.3. The Hall–Kier alpha value is -3.49. The third-order valence-electron chi connectivity index (χ3n) is 6.09. The second-order valence-corrected chi connectivity index (χ2v) is 9.43. The van der Waals surface area contributed by atoms with Crippen LogP contribution >= 0.6 is 15.9 Å². The molecule has 2 atom stereocenters. The van der Waals surface area contributed by atoms with E-state index < -0.39 is 12.3 Å². The van der Waals surface area contributed by atoms with Crippen LogP contribution in [-0.4, -0.2) is 33.2 Å². The van der Waals surface area contributed by atoms with E-state index >= 15 is 0 Å². The molecule has 1 aromatic heterocycles. The summed E-state index contributed by atoms with van der Waals surface area (Å²) < 4.78 is 22.5. The average molecular weight is 535 g/mol. The van der Waals surface area contributed by atoms with Crippen LogP contribution in [0.3, 0.4) is 0 Å². The normalized spacial score (nSPS) is 17.8. The number of carbonyl (C=O) groups excluding carboxylic acids is 1. The first-order valence-corrected chi connectivity index (χ1v) is 12.1. The molecule has 1 amide bonds. The van der Waals surface area contributed by atoms with Crippen molar-refractivity contribution in [1.82, 2.24) is 14.7 Å². The lowest BCUT2D eigenvalue weighted by Gasteiger charge is -2.23. The largest absolute Gasteiger partial charge is 0.399 e. The first-order chi connectivity index (χ1) is 16.9. The van der Waals surface area contributed by atoms with Gasteiger partial charge in [0.2, 0.25) is 0 Å². The Morgan fingerprint density at radius 1 is 1.03 bits per heavy atom. The molecule has 0 bridgehead atoms. The SMILES string of the molecule is C[C@@H]1O[C@@H](c2nn(-c3ccc(Br)cc3)cc2-c2ccc(F)cc2)N(CCc2ccc(N)cc2)C1=O. The van der Waals surface area contributed by atoms with Crippen LogP contribution < -0.4 is 5.73 Å². The van der Waals surface area contributed by atoms with Crippen molar-refractivity contribution in [3.05, 3.63) is 101 Å². The van der Waals surface area contributed by atoms with Gasteiger partial charge in [-0.15, -0.1) is 0 Å². The molecule has 0 spiro atoms. The number of nitrogen functional groups attached to an aromatic ring is 1. The molecule has 0 radical (unpaired) electrons. The van der Waals surface area contributed by atoms with Crippen molar-refractivity contribution < 1.29 is 13.9 Å². The number of rotatable bonds is 6. The number of hydrogen-bond acceptors (Lipinski definition) is 4. The summed E-state index contributed by atoms with van der Waals surface area (Å²) in [4.78, 5) is 14.8. The summed E-state index contributed by atoms with van der Waals surface area (Å²) >= 11 is 3.46. The van der Waals surface area contributed by atoms with Gasteiger partial charge in [0.25, 0.3) is 5.91 Å². The van der Waals surface area contributed by atoms with Crippen LogP contribution in [0.1, 0.15) is 24.4 Å². The molecule has 178 valence electrons. The molecule has 0 saturated carbocycles. The van der Waals surface area contributed by atoms with E-state index in [9.17, 15) is 9.18 Å². The minimum absolute atomic E-state index is 0.0892. The predicted octanol–water partition coefficient (Wildman–Crippen LogP) is 5.51. The lowest BCUT2D eigenvalue weighted by molar-refractivity contribution is -0.130. The zero-order chi connectivity index (χ0) is 24.5. The van der Waals surface area contributed by atoms with Gasteiger partial charge in [-0.25, -0.2) is 9.07 Å². The van der Waals surface area contributed by atoms with Crippen molar-refractivity contribution >= 4 is 27.5 Å². The Kier molecular flexibility index (Phi) is 6.40. The van der Waals surface area contributed by atoms with Gasteiger partial charge in [0.05, 0.1) is 5.69 Å². The number of nitrogens with two attached hydrogens (primary N) is 1. The summed E-state index contributed by atoms with van der Waals surface area (Å²) in [6.07, 6.45) is 1.28. The van der Waals surface area contributed by atoms with Crippen LogP contribution in [0.5, 0.6) is 0 Å². The topological polar surface area (TPSA) is 73.4 Å². The fourth-order valence-electron chi connectivity index (χ4n) is 4.20. The minimum atomic E-state index is -0.664. The maximum absolute atomic E-state index is 13.7. The predicted molar refractivity (Wildman–Crippen MR) is 136 cm³/mol. The molecular weight excluding hydrogens is 511 g/mol. The van der Waals surface area contributed by atoms with E-state index in [1.54, 1.807) is 28.6 Å². The fourth-order valence-corrected chi connectivity index (χ4v) is 4.46. The highest BCUT2D eigenvalue weighted by molar-refractivity contribution is 9.10. The summed E-state index contributed by atoms with van der Waals surface area (Å²) in [6.45, 7) is 2.22.